The summed E-state index contributed by atoms with van der Waals surface area (Å²) in [5.74, 6) is 0. The van der Waals surface area contributed by atoms with Gasteiger partial charge in [-0.25, -0.2) is 4.79 Å². The number of hydrogen-bond acceptors (Lipinski definition) is 2. The number of carbonyl (C=O) groups is 1. The number of hydrogen-bond donors (Lipinski definition) is 1. The van der Waals surface area contributed by atoms with Crippen LogP contribution >= 0.6 is 23.2 Å². The monoisotopic (exact) mass is 440 g/mol. The molecule has 1 unspecified atom stereocenters. The van der Waals surface area contributed by atoms with E-state index in [2.05, 4.69) is 5.32 Å². The maximum absolute atomic E-state index is 13.2. The van der Waals surface area contributed by atoms with E-state index in [1.54, 1.807) is 11.0 Å². The number of carbonyl (C=O) groups excluding carboxylic acids is 1. The summed E-state index contributed by atoms with van der Waals surface area (Å²) in [7, 11) is 0. The molecular formula is C24H22Cl2N2O2. The average molecular weight is 441 g/mol. The molecule has 0 aromatic heterocycles. The fraction of sp³-hybridized carbons (Fsp3) is 0.208. The summed E-state index contributed by atoms with van der Waals surface area (Å²) in [6.45, 7) is 1.40. The molecule has 0 saturated carbocycles. The van der Waals surface area contributed by atoms with Gasteiger partial charge >= 0.3 is 6.03 Å². The fourth-order valence-electron chi connectivity index (χ4n) is 3.66. The van der Waals surface area contributed by atoms with Gasteiger partial charge in [-0.2, -0.15) is 0 Å². The topological polar surface area (TPSA) is 41.6 Å². The first-order valence-electron chi connectivity index (χ1n) is 9.83. The number of ether oxygens (including phenoxy) is 1. The van der Waals surface area contributed by atoms with Gasteiger partial charge in [0.15, 0.2) is 0 Å². The third-order valence-electron chi connectivity index (χ3n) is 5.14. The van der Waals surface area contributed by atoms with Gasteiger partial charge in [0.05, 0.1) is 19.2 Å². The highest BCUT2D eigenvalue weighted by Gasteiger charge is 2.28. The van der Waals surface area contributed by atoms with Crippen molar-refractivity contribution in [3.8, 4) is 0 Å². The molecule has 0 bridgehead atoms. The minimum atomic E-state index is -0.271. The molecule has 0 radical (unpaired) electrons. The first-order valence-corrected chi connectivity index (χ1v) is 10.6. The molecule has 154 valence electrons. The summed E-state index contributed by atoms with van der Waals surface area (Å²) in [6, 6.07) is 24.9. The number of nitrogens with one attached hydrogen (secondary N) is 1. The van der Waals surface area contributed by atoms with Crippen molar-refractivity contribution in [3.05, 3.63) is 106 Å². The Morgan fingerprint density at radius 3 is 2.07 bits per heavy atom. The first kappa shape index (κ1) is 20.7. The van der Waals surface area contributed by atoms with Crippen LogP contribution in [0.5, 0.6) is 0 Å². The molecule has 6 heteroatoms. The van der Waals surface area contributed by atoms with Crippen molar-refractivity contribution in [2.24, 2.45) is 0 Å². The van der Waals surface area contributed by atoms with Gasteiger partial charge in [-0.3, -0.25) is 0 Å². The number of morpholine rings is 1. The third-order valence-corrected chi connectivity index (χ3v) is 5.58. The van der Waals surface area contributed by atoms with Crippen molar-refractivity contribution >= 4 is 29.2 Å². The Bertz CT molecular complexity index is 939. The molecule has 3 aromatic rings. The van der Waals surface area contributed by atoms with Gasteiger partial charge in [0.1, 0.15) is 6.10 Å². The second kappa shape index (κ2) is 9.52. The molecule has 4 nitrogen and oxygen atoms in total. The van der Waals surface area contributed by atoms with Crippen LogP contribution in [0.1, 0.15) is 28.8 Å². The lowest BCUT2D eigenvalue weighted by Crippen LogP contribution is -2.48. The van der Waals surface area contributed by atoms with E-state index in [4.69, 9.17) is 27.9 Å². The zero-order valence-electron chi connectivity index (χ0n) is 16.3. The molecule has 0 spiro atoms. The van der Waals surface area contributed by atoms with Gasteiger partial charge in [0, 0.05) is 16.6 Å². The van der Waals surface area contributed by atoms with Crippen LogP contribution in [-0.4, -0.2) is 30.6 Å². The van der Waals surface area contributed by atoms with Crippen LogP contribution in [-0.2, 0) is 4.74 Å². The quantitative estimate of drug-likeness (QED) is 0.551. The lowest BCUT2D eigenvalue weighted by Gasteiger charge is -2.34. The second-order valence-electron chi connectivity index (χ2n) is 7.21. The number of urea groups is 1. The number of halogens is 2. The summed E-state index contributed by atoms with van der Waals surface area (Å²) in [5, 5.41) is 4.30. The van der Waals surface area contributed by atoms with E-state index >= 15 is 0 Å². The number of benzene rings is 3. The van der Waals surface area contributed by atoms with Crippen LogP contribution in [0.4, 0.5) is 4.79 Å². The standard InChI is InChI=1S/C24H22Cl2N2O2/c25-20-13-19(14-21(26)15-20)22-16-28(11-12-30-22)24(29)27-23(17-7-3-1-4-8-17)18-9-5-2-6-10-18/h1-10,13-15,22-23H,11-12,16H2,(H,27,29). The lowest BCUT2D eigenvalue weighted by atomic mass is 9.99. The molecule has 2 amide bonds. The Hall–Kier alpha value is -2.53. The molecule has 1 saturated heterocycles. The highest BCUT2D eigenvalue weighted by molar-refractivity contribution is 6.34. The van der Waals surface area contributed by atoms with Gasteiger partial charge in [-0.15, -0.1) is 0 Å². The first-order chi connectivity index (χ1) is 14.6. The Labute approximate surface area is 186 Å². The second-order valence-corrected chi connectivity index (χ2v) is 8.08. The lowest BCUT2D eigenvalue weighted by molar-refractivity contribution is -0.0156. The molecule has 1 heterocycles. The largest absolute Gasteiger partial charge is 0.370 e. The number of rotatable bonds is 4. The Morgan fingerprint density at radius 2 is 1.50 bits per heavy atom. The van der Waals surface area contributed by atoms with Gasteiger partial charge in [-0.1, -0.05) is 83.9 Å². The van der Waals surface area contributed by atoms with Gasteiger partial charge < -0.3 is 15.0 Å². The van der Waals surface area contributed by atoms with Crippen LogP contribution in [0, 0.1) is 0 Å². The Kier molecular flexibility index (Phi) is 6.58. The van der Waals surface area contributed by atoms with Crippen molar-refractivity contribution in [2.75, 3.05) is 19.7 Å². The van der Waals surface area contributed by atoms with Crippen molar-refractivity contribution in [2.45, 2.75) is 12.1 Å². The summed E-state index contributed by atoms with van der Waals surface area (Å²) < 4.78 is 5.89. The van der Waals surface area contributed by atoms with E-state index in [-0.39, 0.29) is 18.2 Å². The molecule has 4 rings (SSSR count). The van der Waals surface area contributed by atoms with E-state index in [1.165, 1.54) is 0 Å². The van der Waals surface area contributed by atoms with E-state index < -0.39 is 0 Å². The Balaban J connectivity index is 1.52. The highest BCUT2D eigenvalue weighted by Crippen LogP contribution is 2.29. The molecule has 1 N–H and O–H groups in total. The van der Waals surface area contributed by atoms with Gasteiger partial charge in [0.25, 0.3) is 0 Å². The number of nitrogens with zero attached hydrogens (tertiary/aromatic N) is 1. The maximum atomic E-state index is 13.2. The molecule has 1 atom stereocenters. The third kappa shape index (κ3) is 4.96. The zero-order chi connectivity index (χ0) is 20.9. The predicted octanol–water partition coefficient (Wildman–Crippen LogP) is 5.87. The van der Waals surface area contributed by atoms with E-state index in [9.17, 15) is 4.79 Å². The zero-order valence-corrected chi connectivity index (χ0v) is 17.8. The molecule has 1 aliphatic rings. The molecule has 30 heavy (non-hydrogen) atoms. The van der Waals surface area contributed by atoms with Crippen LogP contribution in [0.2, 0.25) is 10.0 Å². The summed E-state index contributed by atoms with van der Waals surface area (Å²) in [5.41, 5.74) is 2.93. The van der Waals surface area contributed by atoms with E-state index in [0.29, 0.717) is 29.7 Å². The molecular weight excluding hydrogens is 419 g/mol. The number of amides is 2. The average Bonchev–Trinajstić information content (AvgIpc) is 2.78. The SMILES string of the molecule is O=C(NC(c1ccccc1)c1ccccc1)N1CCOC(c2cc(Cl)cc(Cl)c2)C1. The summed E-state index contributed by atoms with van der Waals surface area (Å²) in [6.07, 6.45) is -0.271. The molecule has 1 aliphatic heterocycles. The highest BCUT2D eigenvalue weighted by atomic mass is 35.5. The minimum Gasteiger partial charge on any atom is -0.370 e. The minimum absolute atomic E-state index is 0.130. The van der Waals surface area contributed by atoms with Crippen molar-refractivity contribution < 1.29 is 9.53 Å². The van der Waals surface area contributed by atoms with Gasteiger partial charge in [-0.05, 0) is 34.9 Å². The maximum Gasteiger partial charge on any atom is 0.318 e. The van der Waals surface area contributed by atoms with Gasteiger partial charge in [0.2, 0.25) is 0 Å². The van der Waals surface area contributed by atoms with Crippen LogP contribution in [0.15, 0.2) is 78.9 Å². The summed E-state index contributed by atoms with van der Waals surface area (Å²) >= 11 is 12.3. The van der Waals surface area contributed by atoms with E-state index in [1.807, 2.05) is 72.8 Å². The molecule has 0 aliphatic carbocycles. The van der Waals surface area contributed by atoms with Crippen molar-refractivity contribution in [1.82, 2.24) is 10.2 Å². The van der Waals surface area contributed by atoms with E-state index in [0.717, 1.165) is 16.7 Å². The summed E-state index contributed by atoms with van der Waals surface area (Å²) in [4.78, 5) is 15.0. The van der Waals surface area contributed by atoms with Crippen LogP contribution in [0.25, 0.3) is 0 Å². The van der Waals surface area contributed by atoms with Crippen LogP contribution in [0.3, 0.4) is 0 Å². The fourth-order valence-corrected chi connectivity index (χ4v) is 4.20. The van der Waals surface area contributed by atoms with Crippen molar-refractivity contribution in [1.29, 1.82) is 0 Å². The Morgan fingerprint density at radius 1 is 0.933 bits per heavy atom. The molecule has 3 aromatic carbocycles. The van der Waals surface area contributed by atoms with Crippen LogP contribution < -0.4 is 5.32 Å². The molecule has 1 fully saturated rings. The normalized spacial score (nSPS) is 16.5. The predicted molar refractivity (Wildman–Crippen MR) is 120 cm³/mol. The van der Waals surface area contributed by atoms with Crippen molar-refractivity contribution in [3.63, 3.8) is 0 Å². The smallest absolute Gasteiger partial charge is 0.318 e.